The van der Waals surface area contributed by atoms with Crippen LogP contribution in [0.15, 0.2) is 48.1 Å². The Morgan fingerprint density at radius 2 is 2.00 bits per heavy atom. The van der Waals surface area contributed by atoms with Crippen LogP contribution in [0.3, 0.4) is 0 Å². The van der Waals surface area contributed by atoms with Crippen molar-refractivity contribution in [1.82, 2.24) is 0 Å². The normalized spacial score (nSPS) is 11.9. The Morgan fingerprint density at radius 1 is 1.31 bits per heavy atom. The lowest BCUT2D eigenvalue weighted by Gasteiger charge is -1.90. The van der Waals surface area contributed by atoms with Crippen molar-refractivity contribution in [1.29, 1.82) is 0 Å². The first kappa shape index (κ1) is 9.46. The van der Waals surface area contributed by atoms with Crippen molar-refractivity contribution >= 4 is 12.4 Å². The Morgan fingerprint density at radius 3 is 2.54 bits per heavy atom. The Kier molecular flexibility index (Phi) is 3.71. The zero-order valence-electron chi connectivity index (χ0n) is 7.53. The van der Waals surface area contributed by atoms with Gasteiger partial charge in [-0.05, 0) is 12.5 Å². The zero-order valence-corrected chi connectivity index (χ0v) is 7.53. The van der Waals surface area contributed by atoms with Crippen LogP contribution in [-0.2, 0) is 4.79 Å². The molecule has 65 valence electrons. The molecule has 1 radical (unpaired) electrons. The largest absolute Gasteiger partial charge is 0.285 e. The topological polar surface area (TPSA) is 17.1 Å². The molecule has 0 saturated heterocycles. The summed E-state index contributed by atoms with van der Waals surface area (Å²) in [6, 6.07) is 9.84. The van der Waals surface area contributed by atoms with Crippen molar-refractivity contribution in [2.45, 2.75) is 6.92 Å². The second-order valence-corrected chi connectivity index (χ2v) is 2.59. The second-order valence-electron chi connectivity index (χ2n) is 2.59. The van der Waals surface area contributed by atoms with E-state index in [4.69, 9.17) is 0 Å². The van der Waals surface area contributed by atoms with E-state index in [1.54, 1.807) is 12.2 Å². The molecule has 0 bridgehead atoms. The molecular formula is C12H11O. The fourth-order valence-corrected chi connectivity index (χ4v) is 0.939. The van der Waals surface area contributed by atoms with Gasteiger partial charge in [0.1, 0.15) is 0 Å². The predicted octanol–water partition coefficient (Wildman–Crippen LogP) is 2.76. The molecular weight excluding hydrogens is 160 g/mol. The van der Waals surface area contributed by atoms with E-state index in [1.807, 2.05) is 49.6 Å². The smallest absolute Gasteiger partial charge is 0.233 e. The summed E-state index contributed by atoms with van der Waals surface area (Å²) >= 11 is 0. The molecule has 1 nitrogen and oxygen atoms in total. The molecule has 0 aromatic heterocycles. The van der Waals surface area contributed by atoms with Crippen LogP contribution >= 0.6 is 0 Å². The lowest BCUT2D eigenvalue weighted by atomic mass is 10.2. The quantitative estimate of drug-likeness (QED) is 0.505. The van der Waals surface area contributed by atoms with Crippen LogP contribution in [0.2, 0.25) is 0 Å². The van der Waals surface area contributed by atoms with Gasteiger partial charge in [0.2, 0.25) is 6.29 Å². The summed E-state index contributed by atoms with van der Waals surface area (Å²) in [7, 11) is 0. The number of hydrogen-bond acceptors (Lipinski definition) is 1. The molecule has 0 spiro atoms. The van der Waals surface area contributed by atoms with E-state index < -0.39 is 0 Å². The first-order valence-corrected chi connectivity index (χ1v) is 4.14. The van der Waals surface area contributed by atoms with Gasteiger partial charge in [-0.25, -0.2) is 0 Å². The molecule has 1 aromatic rings. The van der Waals surface area contributed by atoms with Crippen LogP contribution < -0.4 is 0 Å². The second kappa shape index (κ2) is 5.09. The minimum absolute atomic E-state index is 0.573. The van der Waals surface area contributed by atoms with Crippen LogP contribution in [0.4, 0.5) is 0 Å². The zero-order chi connectivity index (χ0) is 9.52. The van der Waals surface area contributed by atoms with Gasteiger partial charge in [-0.2, -0.15) is 0 Å². The van der Waals surface area contributed by atoms with Crippen LogP contribution in [0.25, 0.3) is 6.08 Å². The molecule has 0 heterocycles. The maximum Gasteiger partial charge on any atom is 0.233 e. The Bertz CT molecular complexity index is 320. The summed E-state index contributed by atoms with van der Waals surface area (Å²) in [6.07, 6.45) is 7.22. The highest BCUT2D eigenvalue weighted by molar-refractivity contribution is 5.80. The predicted molar refractivity (Wildman–Crippen MR) is 54.9 cm³/mol. The van der Waals surface area contributed by atoms with Gasteiger partial charge < -0.3 is 0 Å². The standard InChI is InChI=1S/C12H11O/c1-2-11(10-13)8-9-12-6-4-3-5-7-12/h2-9H,1H3. The van der Waals surface area contributed by atoms with Gasteiger partial charge in [-0.15, -0.1) is 0 Å². The number of rotatable bonds is 3. The highest BCUT2D eigenvalue weighted by Crippen LogP contribution is 2.03. The number of benzene rings is 1. The fraction of sp³-hybridized carbons (Fsp3) is 0.0833. The van der Waals surface area contributed by atoms with Crippen molar-refractivity contribution in [2.75, 3.05) is 0 Å². The Labute approximate surface area is 78.4 Å². The molecule has 0 N–H and O–H groups in total. The molecule has 1 aromatic carbocycles. The van der Waals surface area contributed by atoms with Crippen molar-refractivity contribution in [3.05, 3.63) is 53.6 Å². The van der Waals surface area contributed by atoms with Gasteiger partial charge in [0.05, 0.1) is 0 Å². The molecule has 1 heteroatoms. The molecule has 0 atom stereocenters. The van der Waals surface area contributed by atoms with Gasteiger partial charge in [0.25, 0.3) is 0 Å². The van der Waals surface area contributed by atoms with E-state index in [0.717, 1.165) is 5.56 Å². The molecule has 13 heavy (non-hydrogen) atoms. The number of hydrogen-bond donors (Lipinski definition) is 0. The van der Waals surface area contributed by atoms with Crippen molar-refractivity contribution in [3.63, 3.8) is 0 Å². The van der Waals surface area contributed by atoms with E-state index in [1.165, 1.54) is 0 Å². The third-order valence-corrected chi connectivity index (χ3v) is 1.68. The highest BCUT2D eigenvalue weighted by atomic mass is 16.1. The minimum Gasteiger partial charge on any atom is -0.285 e. The maximum atomic E-state index is 10.3. The van der Waals surface area contributed by atoms with Crippen LogP contribution in [0.5, 0.6) is 0 Å². The lowest BCUT2D eigenvalue weighted by molar-refractivity contribution is 0.562. The van der Waals surface area contributed by atoms with Gasteiger partial charge >= 0.3 is 0 Å². The summed E-state index contributed by atoms with van der Waals surface area (Å²) in [5, 5.41) is 0. The molecule has 1 rings (SSSR count). The fourth-order valence-electron chi connectivity index (χ4n) is 0.939. The van der Waals surface area contributed by atoms with Crippen LogP contribution in [0.1, 0.15) is 12.5 Å². The van der Waals surface area contributed by atoms with E-state index >= 15 is 0 Å². The van der Waals surface area contributed by atoms with Gasteiger partial charge in [0.15, 0.2) is 0 Å². The van der Waals surface area contributed by atoms with Gasteiger partial charge in [-0.3, -0.25) is 4.79 Å². The molecule has 0 saturated carbocycles. The van der Waals surface area contributed by atoms with Crippen molar-refractivity contribution in [3.8, 4) is 0 Å². The van der Waals surface area contributed by atoms with Crippen molar-refractivity contribution < 1.29 is 4.79 Å². The van der Waals surface area contributed by atoms with Crippen LogP contribution in [0, 0.1) is 0 Å². The maximum absolute atomic E-state index is 10.3. The summed E-state index contributed by atoms with van der Waals surface area (Å²) in [4.78, 5) is 10.3. The minimum atomic E-state index is 0.573. The molecule has 0 fully saturated rings. The summed E-state index contributed by atoms with van der Waals surface area (Å²) in [5.74, 6) is 0. The molecule has 0 aliphatic heterocycles. The third kappa shape index (κ3) is 3.08. The van der Waals surface area contributed by atoms with Gasteiger partial charge in [0, 0.05) is 5.57 Å². The SMILES string of the molecule is CC=C([C]=O)C=Cc1ccccc1. The Hall–Kier alpha value is -1.63. The Balaban J connectivity index is 2.74. The van der Waals surface area contributed by atoms with E-state index in [9.17, 15) is 4.79 Å². The summed E-state index contributed by atoms with van der Waals surface area (Å²) in [5.41, 5.74) is 1.65. The third-order valence-electron chi connectivity index (χ3n) is 1.68. The van der Waals surface area contributed by atoms with E-state index in [-0.39, 0.29) is 0 Å². The molecule has 0 aliphatic carbocycles. The van der Waals surface area contributed by atoms with E-state index in [2.05, 4.69) is 0 Å². The average Bonchev–Trinajstić information content (AvgIpc) is 2.21. The average molecular weight is 171 g/mol. The molecule has 0 unspecified atom stereocenters. The first-order valence-electron chi connectivity index (χ1n) is 4.14. The monoisotopic (exact) mass is 171 g/mol. The van der Waals surface area contributed by atoms with Crippen LogP contribution in [-0.4, -0.2) is 6.29 Å². The number of allylic oxidation sites excluding steroid dienone is 3. The van der Waals surface area contributed by atoms with E-state index in [0.29, 0.717) is 5.57 Å². The van der Waals surface area contributed by atoms with Crippen molar-refractivity contribution in [2.24, 2.45) is 0 Å². The summed E-state index contributed by atoms with van der Waals surface area (Å²) in [6.45, 7) is 1.82. The highest BCUT2D eigenvalue weighted by Gasteiger charge is 1.87. The molecule has 0 aliphatic rings. The van der Waals surface area contributed by atoms with Gasteiger partial charge in [-0.1, -0.05) is 48.6 Å². The summed E-state index contributed by atoms with van der Waals surface area (Å²) < 4.78 is 0. The lowest BCUT2D eigenvalue weighted by Crippen LogP contribution is -1.76. The number of carbonyl (C=O) groups excluding carboxylic acids is 1. The first-order chi connectivity index (χ1) is 6.36. The molecule has 0 amide bonds.